The van der Waals surface area contributed by atoms with Gasteiger partial charge in [-0.15, -0.1) is 0 Å². The van der Waals surface area contributed by atoms with Gasteiger partial charge in [-0.05, 0) is 49.1 Å². The number of rotatable bonds is 5. The van der Waals surface area contributed by atoms with Crippen LogP contribution in [-0.4, -0.2) is 29.9 Å². The van der Waals surface area contributed by atoms with Crippen molar-refractivity contribution in [3.63, 3.8) is 0 Å². The molecule has 0 aliphatic heterocycles. The smallest absolute Gasteiger partial charge is 0.226 e. The number of nitrogens with zero attached hydrogens (tertiary/aromatic N) is 2. The van der Waals surface area contributed by atoms with Crippen molar-refractivity contribution in [1.29, 1.82) is 0 Å². The number of benzene rings is 1. The summed E-state index contributed by atoms with van der Waals surface area (Å²) in [5, 5.41) is 0. The van der Waals surface area contributed by atoms with Gasteiger partial charge in [0.15, 0.2) is 0 Å². The Labute approximate surface area is 137 Å². The number of amides is 1. The van der Waals surface area contributed by atoms with E-state index < -0.39 is 0 Å². The summed E-state index contributed by atoms with van der Waals surface area (Å²) < 4.78 is 5.26. The SMILES string of the molecule is COc1cccc(C2CC2C(=O)N(C)Cc2cccc(C)n2)c1. The van der Waals surface area contributed by atoms with E-state index in [2.05, 4.69) is 11.1 Å². The number of aromatic nitrogens is 1. The van der Waals surface area contributed by atoms with Gasteiger partial charge in [-0.1, -0.05) is 18.2 Å². The zero-order valence-electron chi connectivity index (χ0n) is 13.8. The summed E-state index contributed by atoms with van der Waals surface area (Å²) in [6.07, 6.45) is 0.914. The fraction of sp³-hybridized carbons (Fsp3) is 0.368. The molecule has 1 fully saturated rings. The topological polar surface area (TPSA) is 42.4 Å². The summed E-state index contributed by atoms with van der Waals surface area (Å²) in [4.78, 5) is 18.8. The third-order valence-corrected chi connectivity index (χ3v) is 4.35. The van der Waals surface area contributed by atoms with Crippen LogP contribution in [0.2, 0.25) is 0 Å². The Morgan fingerprint density at radius 1 is 1.30 bits per heavy atom. The van der Waals surface area contributed by atoms with Gasteiger partial charge in [0.25, 0.3) is 0 Å². The number of hydrogen-bond donors (Lipinski definition) is 0. The molecule has 4 nitrogen and oxygen atoms in total. The Morgan fingerprint density at radius 2 is 2.09 bits per heavy atom. The molecule has 2 aromatic rings. The van der Waals surface area contributed by atoms with Crippen LogP contribution >= 0.6 is 0 Å². The summed E-state index contributed by atoms with van der Waals surface area (Å²) in [5.74, 6) is 1.43. The Kier molecular flexibility index (Phi) is 4.33. The van der Waals surface area contributed by atoms with Gasteiger partial charge in [-0.2, -0.15) is 0 Å². The predicted octanol–water partition coefficient (Wildman–Crippen LogP) is 3.16. The van der Waals surface area contributed by atoms with E-state index in [-0.39, 0.29) is 11.8 Å². The van der Waals surface area contributed by atoms with Crippen molar-refractivity contribution in [2.45, 2.75) is 25.8 Å². The minimum atomic E-state index is 0.0805. The van der Waals surface area contributed by atoms with E-state index in [4.69, 9.17) is 4.74 Å². The highest BCUT2D eigenvalue weighted by molar-refractivity contribution is 5.82. The number of carbonyl (C=O) groups excluding carboxylic acids is 1. The molecule has 1 heterocycles. The Bertz CT molecular complexity index is 714. The summed E-state index contributed by atoms with van der Waals surface area (Å²) in [5.41, 5.74) is 3.09. The number of hydrogen-bond acceptors (Lipinski definition) is 3. The van der Waals surface area contributed by atoms with Crippen molar-refractivity contribution in [2.75, 3.05) is 14.2 Å². The van der Waals surface area contributed by atoms with Crippen LogP contribution in [0.3, 0.4) is 0 Å². The highest BCUT2D eigenvalue weighted by Crippen LogP contribution is 2.49. The first kappa shape index (κ1) is 15.5. The molecule has 0 radical (unpaired) electrons. The summed E-state index contributed by atoms with van der Waals surface area (Å²) in [7, 11) is 3.52. The van der Waals surface area contributed by atoms with Gasteiger partial charge in [-0.3, -0.25) is 9.78 Å². The van der Waals surface area contributed by atoms with E-state index in [0.717, 1.165) is 23.6 Å². The van der Waals surface area contributed by atoms with Crippen molar-refractivity contribution >= 4 is 5.91 Å². The van der Waals surface area contributed by atoms with E-state index in [0.29, 0.717) is 12.5 Å². The molecule has 0 spiro atoms. The van der Waals surface area contributed by atoms with Crippen LogP contribution in [0, 0.1) is 12.8 Å². The second kappa shape index (κ2) is 6.41. The highest BCUT2D eigenvalue weighted by atomic mass is 16.5. The lowest BCUT2D eigenvalue weighted by Crippen LogP contribution is -2.28. The maximum absolute atomic E-state index is 12.6. The first-order valence-corrected chi connectivity index (χ1v) is 7.90. The van der Waals surface area contributed by atoms with Gasteiger partial charge in [0.1, 0.15) is 5.75 Å². The summed E-state index contributed by atoms with van der Waals surface area (Å²) in [6.45, 7) is 2.52. The monoisotopic (exact) mass is 310 g/mol. The Balaban J connectivity index is 1.63. The normalized spacial score (nSPS) is 19.3. The molecule has 0 N–H and O–H groups in total. The van der Waals surface area contributed by atoms with Gasteiger partial charge in [0.2, 0.25) is 5.91 Å². The van der Waals surface area contributed by atoms with E-state index in [1.54, 1.807) is 12.0 Å². The van der Waals surface area contributed by atoms with Crippen LogP contribution in [0.5, 0.6) is 5.75 Å². The van der Waals surface area contributed by atoms with Gasteiger partial charge in [0, 0.05) is 18.7 Å². The maximum atomic E-state index is 12.6. The molecular weight excluding hydrogens is 288 g/mol. The molecule has 1 amide bonds. The van der Waals surface area contributed by atoms with Gasteiger partial charge >= 0.3 is 0 Å². The molecule has 0 saturated heterocycles. The molecule has 1 aromatic heterocycles. The molecule has 1 saturated carbocycles. The van der Waals surface area contributed by atoms with E-state index in [1.165, 1.54) is 5.56 Å². The molecule has 23 heavy (non-hydrogen) atoms. The molecule has 4 heteroatoms. The maximum Gasteiger partial charge on any atom is 0.226 e. The minimum Gasteiger partial charge on any atom is -0.497 e. The van der Waals surface area contributed by atoms with Crippen LogP contribution in [0.1, 0.15) is 29.3 Å². The first-order valence-electron chi connectivity index (χ1n) is 7.90. The van der Waals surface area contributed by atoms with Crippen molar-refractivity contribution in [3.8, 4) is 5.75 Å². The van der Waals surface area contributed by atoms with Crippen molar-refractivity contribution < 1.29 is 9.53 Å². The third kappa shape index (κ3) is 3.52. The van der Waals surface area contributed by atoms with Crippen LogP contribution in [0.15, 0.2) is 42.5 Å². The number of carbonyl (C=O) groups is 1. The fourth-order valence-corrected chi connectivity index (χ4v) is 3.00. The number of methoxy groups -OCH3 is 1. The van der Waals surface area contributed by atoms with Crippen LogP contribution in [0.25, 0.3) is 0 Å². The molecule has 2 atom stereocenters. The summed E-state index contributed by atoms with van der Waals surface area (Å²) in [6, 6.07) is 13.9. The lowest BCUT2D eigenvalue weighted by molar-refractivity contribution is -0.131. The summed E-state index contributed by atoms with van der Waals surface area (Å²) >= 11 is 0. The molecule has 1 aromatic carbocycles. The predicted molar refractivity (Wildman–Crippen MR) is 89.3 cm³/mol. The molecular formula is C19H22N2O2. The second-order valence-corrected chi connectivity index (χ2v) is 6.19. The number of aryl methyl sites for hydroxylation is 1. The zero-order chi connectivity index (χ0) is 16.4. The third-order valence-electron chi connectivity index (χ3n) is 4.35. The molecule has 1 aliphatic rings. The van der Waals surface area contributed by atoms with Crippen molar-refractivity contribution in [2.24, 2.45) is 5.92 Å². The molecule has 3 rings (SSSR count). The zero-order valence-corrected chi connectivity index (χ0v) is 13.8. The second-order valence-electron chi connectivity index (χ2n) is 6.19. The van der Waals surface area contributed by atoms with E-state index in [1.807, 2.05) is 50.4 Å². The number of pyridine rings is 1. The minimum absolute atomic E-state index is 0.0805. The lowest BCUT2D eigenvalue weighted by atomic mass is 10.1. The van der Waals surface area contributed by atoms with Gasteiger partial charge in [0.05, 0.1) is 19.3 Å². The molecule has 0 bridgehead atoms. The molecule has 1 aliphatic carbocycles. The van der Waals surface area contributed by atoms with E-state index >= 15 is 0 Å². The van der Waals surface area contributed by atoms with Crippen molar-refractivity contribution in [1.82, 2.24) is 9.88 Å². The largest absolute Gasteiger partial charge is 0.497 e. The quantitative estimate of drug-likeness (QED) is 0.852. The van der Waals surface area contributed by atoms with Crippen LogP contribution in [-0.2, 0) is 11.3 Å². The first-order chi connectivity index (χ1) is 11.1. The average molecular weight is 310 g/mol. The Morgan fingerprint density at radius 3 is 2.83 bits per heavy atom. The average Bonchev–Trinajstić information content (AvgIpc) is 3.35. The highest BCUT2D eigenvalue weighted by Gasteiger charge is 2.45. The van der Waals surface area contributed by atoms with E-state index in [9.17, 15) is 4.79 Å². The van der Waals surface area contributed by atoms with Gasteiger partial charge in [-0.25, -0.2) is 0 Å². The fourth-order valence-electron chi connectivity index (χ4n) is 3.00. The number of ether oxygens (including phenoxy) is 1. The van der Waals surface area contributed by atoms with Gasteiger partial charge < -0.3 is 9.64 Å². The molecule has 2 unspecified atom stereocenters. The van der Waals surface area contributed by atoms with Crippen molar-refractivity contribution in [3.05, 3.63) is 59.4 Å². The molecule has 120 valence electrons. The Hall–Kier alpha value is -2.36. The standard InChI is InChI=1S/C19H22N2O2/c1-13-6-4-8-15(20-13)12-21(2)19(22)18-11-17(18)14-7-5-9-16(10-14)23-3/h4-10,17-18H,11-12H2,1-3H3. The lowest BCUT2D eigenvalue weighted by Gasteiger charge is -2.17. The van der Waals surface area contributed by atoms with Crippen LogP contribution in [0.4, 0.5) is 0 Å². The van der Waals surface area contributed by atoms with Crippen LogP contribution < -0.4 is 4.74 Å².